The minimum atomic E-state index is 0.584. The molecule has 0 bridgehead atoms. The predicted octanol–water partition coefficient (Wildman–Crippen LogP) is 4.73. The van der Waals surface area contributed by atoms with E-state index in [4.69, 9.17) is 28.9 Å². The highest BCUT2D eigenvalue weighted by atomic mass is 35.5. The summed E-state index contributed by atoms with van der Waals surface area (Å²) in [5, 5.41) is 1.32. The molecule has 0 saturated carbocycles. The normalized spacial score (nSPS) is 10.4. The fourth-order valence-corrected chi connectivity index (χ4v) is 2.33. The number of nitrogen functional groups attached to an aromatic ring is 1. The highest BCUT2D eigenvalue weighted by Gasteiger charge is 2.00. The van der Waals surface area contributed by atoms with Gasteiger partial charge in [-0.25, -0.2) is 0 Å². The van der Waals surface area contributed by atoms with Crippen molar-refractivity contribution >= 4 is 40.7 Å². The highest BCUT2D eigenvalue weighted by Crippen LogP contribution is 2.31. The van der Waals surface area contributed by atoms with E-state index in [9.17, 15) is 0 Å². The van der Waals surface area contributed by atoms with E-state index in [-0.39, 0.29) is 0 Å². The molecular formula is C12H9Cl2NS. The summed E-state index contributed by atoms with van der Waals surface area (Å²) in [7, 11) is 0. The zero-order chi connectivity index (χ0) is 11.5. The molecule has 0 aliphatic heterocycles. The molecule has 0 radical (unpaired) electrons. The maximum absolute atomic E-state index is 5.85. The summed E-state index contributed by atoms with van der Waals surface area (Å²) >= 11 is 13.3. The standard InChI is InChI=1S/C12H9Cl2NS/c13-8-1-3-9(4-2-8)16-10-5-6-11(14)12(15)7-10/h1-7H,15H2. The Bertz CT molecular complexity index is 497. The molecule has 0 aliphatic carbocycles. The van der Waals surface area contributed by atoms with Crippen molar-refractivity contribution in [2.75, 3.05) is 5.73 Å². The van der Waals surface area contributed by atoms with Crippen LogP contribution in [0.2, 0.25) is 10.0 Å². The number of hydrogen-bond donors (Lipinski definition) is 1. The maximum Gasteiger partial charge on any atom is 0.0636 e. The van der Waals surface area contributed by atoms with Gasteiger partial charge in [0.05, 0.1) is 10.7 Å². The van der Waals surface area contributed by atoms with Crippen LogP contribution in [0.3, 0.4) is 0 Å². The van der Waals surface area contributed by atoms with Crippen LogP contribution in [0.4, 0.5) is 5.69 Å². The monoisotopic (exact) mass is 269 g/mol. The lowest BCUT2D eigenvalue weighted by Crippen LogP contribution is -1.85. The van der Waals surface area contributed by atoms with Gasteiger partial charge >= 0.3 is 0 Å². The van der Waals surface area contributed by atoms with Gasteiger partial charge in [-0.05, 0) is 42.5 Å². The molecule has 4 heteroatoms. The van der Waals surface area contributed by atoms with E-state index in [1.165, 1.54) is 0 Å². The molecule has 2 aromatic carbocycles. The summed E-state index contributed by atoms with van der Waals surface area (Å²) in [5.41, 5.74) is 6.33. The van der Waals surface area contributed by atoms with Gasteiger partial charge in [0.15, 0.2) is 0 Å². The van der Waals surface area contributed by atoms with Gasteiger partial charge in [0.1, 0.15) is 0 Å². The van der Waals surface area contributed by atoms with E-state index in [1.807, 2.05) is 36.4 Å². The quantitative estimate of drug-likeness (QED) is 0.798. The lowest BCUT2D eigenvalue weighted by atomic mass is 10.3. The third-order valence-electron chi connectivity index (χ3n) is 2.02. The average molecular weight is 270 g/mol. The summed E-state index contributed by atoms with van der Waals surface area (Å²) in [6.45, 7) is 0. The van der Waals surface area contributed by atoms with Crippen LogP contribution >= 0.6 is 35.0 Å². The molecule has 1 nitrogen and oxygen atoms in total. The fraction of sp³-hybridized carbons (Fsp3) is 0. The number of nitrogens with two attached hydrogens (primary N) is 1. The predicted molar refractivity (Wildman–Crippen MR) is 71.4 cm³/mol. The maximum atomic E-state index is 5.85. The van der Waals surface area contributed by atoms with E-state index in [0.717, 1.165) is 14.8 Å². The fourth-order valence-electron chi connectivity index (χ4n) is 1.22. The Hall–Kier alpha value is -0.830. The van der Waals surface area contributed by atoms with Gasteiger partial charge in [-0.1, -0.05) is 35.0 Å². The molecule has 0 saturated heterocycles. The minimum Gasteiger partial charge on any atom is -0.397 e. The zero-order valence-corrected chi connectivity index (χ0v) is 10.6. The number of hydrogen-bond acceptors (Lipinski definition) is 2. The van der Waals surface area contributed by atoms with Crippen molar-refractivity contribution in [3.63, 3.8) is 0 Å². The lowest BCUT2D eigenvalue weighted by Gasteiger charge is -2.04. The van der Waals surface area contributed by atoms with Crippen molar-refractivity contribution in [2.45, 2.75) is 9.79 Å². The number of halogens is 2. The van der Waals surface area contributed by atoms with Crippen molar-refractivity contribution < 1.29 is 0 Å². The molecule has 0 amide bonds. The first kappa shape index (κ1) is 11.6. The Kier molecular flexibility index (Phi) is 3.64. The molecule has 0 aliphatic rings. The largest absolute Gasteiger partial charge is 0.397 e. The lowest BCUT2D eigenvalue weighted by molar-refractivity contribution is 1.41. The minimum absolute atomic E-state index is 0.584. The highest BCUT2D eigenvalue weighted by molar-refractivity contribution is 7.99. The van der Waals surface area contributed by atoms with E-state index < -0.39 is 0 Å². The Morgan fingerprint density at radius 2 is 1.50 bits per heavy atom. The summed E-state index contributed by atoms with van der Waals surface area (Å²) in [6.07, 6.45) is 0. The molecule has 2 N–H and O–H groups in total. The smallest absolute Gasteiger partial charge is 0.0636 e. The van der Waals surface area contributed by atoms with Crippen molar-refractivity contribution in [1.29, 1.82) is 0 Å². The summed E-state index contributed by atoms with van der Waals surface area (Å²) in [6, 6.07) is 13.3. The molecule has 0 unspecified atom stereocenters. The van der Waals surface area contributed by atoms with E-state index in [2.05, 4.69) is 0 Å². The van der Waals surface area contributed by atoms with Crippen LogP contribution < -0.4 is 5.73 Å². The molecule has 0 spiro atoms. The molecule has 0 aromatic heterocycles. The Balaban J connectivity index is 2.20. The zero-order valence-electron chi connectivity index (χ0n) is 8.28. The molecule has 0 heterocycles. The number of rotatable bonds is 2. The molecule has 0 atom stereocenters. The topological polar surface area (TPSA) is 26.0 Å². The van der Waals surface area contributed by atoms with Gasteiger partial charge in [-0.2, -0.15) is 0 Å². The van der Waals surface area contributed by atoms with Crippen molar-refractivity contribution in [3.05, 3.63) is 52.5 Å². The van der Waals surface area contributed by atoms with E-state index in [1.54, 1.807) is 17.8 Å². The van der Waals surface area contributed by atoms with Crippen LogP contribution in [0.1, 0.15) is 0 Å². The van der Waals surface area contributed by atoms with Crippen LogP contribution in [-0.2, 0) is 0 Å². The Morgan fingerprint density at radius 1 is 0.875 bits per heavy atom. The average Bonchev–Trinajstić information content (AvgIpc) is 2.27. The van der Waals surface area contributed by atoms with Crippen LogP contribution in [0.5, 0.6) is 0 Å². The van der Waals surface area contributed by atoms with Gasteiger partial charge in [0.2, 0.25) is 0 Å². The third-order valence-corrected chi connectivity index (χ3v) is 3.61. The summed E-state index contributed by atoms with van der Waals surface area (Å²) < 4.78 is 0. The molecule has 2 aromatic rings. The van der Waals surface area contributed by atoms with Gasteiger partial charge < -0.3 is 5.73 Å². The Morgan fingerprint density at radius 3 is 2.12 bits per heavy atom. The van der Waals surface area contributed by atoms with Gasteiger partial charge in [0, 0.05) is 14.8 Å². The summed E-state index contributed by atoms with van der Waals surface area (Å²) in [4.78, 5) is 2.18. The van der Waals surface area contributed by atoms with Gasteiger partial charge in [0.25, 0.3) is 0 Å². The second-order valence-electron chi connectivity index (χ2n) is 3.24. The number of anilines is 1. The van der Waals surface area contributed by atoms with E-state index in [0.29, 0.717) is 10.7 Å². The molecule has 2 rings (SSSR count). The van der Waals surface area contributed by atoms with E-state index >= 15 is 0 Å². The molecule has 82 valence electrons. The first-order valence-electron chi connectivity index (χ1n) is 4.63. The SMILES string of the molecule is Nc1cc(Sc2ccc(Cl)cc2)ccc1Cl. The first-order valence-corrected chi connectivity index (χ1v) is 6.21. The number of benzene rings is 2. The molecular weight excluding hydrogens is 261 g/mol. The second-order valence-corrected chi connectivity index (χ2v) is 5.23. The van der Waals surface area contributed by atoms with Gasteiger partial charge in [-0.15, -0.1) is 0 Å². The molecule has 16 heavy (non-hydrogen) atoms. The van der Waals surface area contributed by atoms with Crippen molar-refractivity contribution in [2.24, 2.45) is 0 Å². The van der Waals surface area contributed by atoms with Crippen LogP contribution in [-0.4, -0.2) is 0 Å². The van der Waals surface area contributed by atoms with Crippen LogP contribution in [0, 0.1) is 0 Å². The van der Waals surface area contributed by atoms with Crippen molar-refractivity contribution in [1.82, 2.24) is 0 Å². The van der Waals surface area contributed by atoms with Gasteiger partial charge in [-0.3, -0.25) is 0 Å². The second kappa shape index (κ2) is 5.00. The third kappa shape index (κ3) is 2.85. The van der Waals surface area contributed by atoms with Crippen molar-refractivity contribution in [3.8, 4) is 0 Å². The van der Waals surface area contributed by atoms with Crippen LogP contribution in [0.25, 0.3) is 0 Å². The first-order chi connectivity index (χ1) is 7.65. The Labute approximate surface area is 109 Å². The molecule has 0 fully saturated rings. The van der Waals surface area contributed by atoms with Crippen LogP contribution in [0.15, 0.2) is 52.3 Å². The summed E-state index contributed by atoms with van der Waals surface area (Å²) in [5.74, 6) is 0.